The molecule has 1 amide bonds. The molecule has 4 aromatic rings. The third kappa shape index (κ3) is 5.52. The summed E-state index contributed by atoms with van der Waals surface area (Å²) >= 11 is 0. The van der Waals surface area contributed by atoms with Crippen molar-refractivity contribution in [3.63, 3.8) is 0 Å². The maximum absolute atomic E-state index is 13.4. The van der Waals surface area contributed by atoms with Crippen molar-refractivity contribution in [1.29, 1.82) is 0 Å². The summed E-state index contributed by atoms with van der Waals surface area (Å²) in [5, 5.41) is 7.81. The van der Waals surface area contributed by atoms with Crippen LogP contribution in [0.5, 0.6) is 5.75 Å². The Morgan fingerprint density at radius 2 is 1.69 bits per heavy atom. The summed E-state index contributed by atoms with van der Waals surface area (Å²) < 4.78 is 5.56. The summed E-state index contributed by atoms with van der Waals surface area (Å²) in [7, 11) is 0. The zero-order valence-electron chi connectivity index (χ0n) is 20.0. The fraction of sp³-hybridized carbons (Fsp3) is 0.267. The zero-order valence-corrected chi connectivity index (χ0v) is 20.0. The number of para-hydroxylation sites is 1. The second-order valence-corrected chi connectivity index (χ2v) is 9.08. The number of pyridine rings is 1. The lowest BCUT2D eigenvalue weighted by atomic mass is 10.0. The molecule has 2 unspecified atom stereocenters. The molecule has 5 rings (SSSR count). The lowest BCUT2D eigenvalue weighted by molar-refractivity contribution is 0.0939. The van der Waals surface area contributed by atoms with Crippen LogP contribution in [0, 0.1) is 0 Å². The van der Waals surface area contributed by atoms with Gasteiger partial charge in [0.2, 0.25) is 0 Å². The number of rotatable bonds is 8. The molecule has 2 N–H and O–H groups in total. The van der Waals surface area contributed by atoms with E-state index in [-0.39, 0.29) is 11.9 Å². The average Bonchev–Trinajstić information content (AvgIpc) is 3.35. The maximum atomic E-state index is 13.4. The average molecular weight is 466 g/mol. The molecule has 0 spiro atoms. The number of carbonyl (C=O) groups is 1. The molecule has 2 atom stereocenters. The Morgan fingerprint density at radius 1 is 0.943 bits per heavy atom. The van der Waals surface area contributed by atoms with Crippen LogP contribution in [-0.2, 0) is 6.54 Å². The van der Waals surface area contributed by atoms with Gasteiger partial charge in [0.25, 0.3) is 5.91 Å². The topological polar surface area (TPSA) is 63.2 Å². The third-order valence-corrected chi connectivity index (χ3v) is 6.63. The molecule has 0 radical (unpaired) electrons. The van der Waals surface area contributed by atoms with Crippen LogP contribution in [-0.4, -0.2) is 29.6 Å². The summed E-state index contributed by atoms with van der Waals surface area (Å²) in [5.74, 6) is 0.788. The van der Waals surface area contributed by atoms with Gasteiger partial charge in [-0.3, -0.25) is 4.79 Å². The Morgan fingerprint density at radius 3 is 2.49 bits per heavy atom. The molecule has 1 fully saturated rings. The van der Waals surface area contributed by atoms with Crippen LogP contribution < -0.4 is 15.4 Å². The van der Waals surface area contributed by atoms with E-state index in [9.17, 15) is 4.79 Å². The van der Waals surface area contributed by atoms with Gasteiger partial charge in [-0.2, -0.15) is 0 Å². The van der Waals surface area contributed by atoms with Crippen LogP contribution in [0.15, 0.2) is 84.9 Å². The standard InChI is InChI=1S/C30H31N3O2/c1-2-35-25-16-12-22(13-17-25)29-19-27(26-10-6-7-11-28(26)33-29)30(34)32-24-15-14-23(18-24)31-20-21-8-4-3-5-9-21/h3-13,16-17,19,23-24,31H,2,14-15,18,20H2,1H3,(H,32,34). The predicted molar refractivity (Wildman–Crippen MR) is 141 cm³/mol. The van der Waals surface area contributed by atoms with Gasteiger partial charge < -0.3 is 15.4 Å². The van der Waals surface area contributed by atoms with Crippen LogP contribution in [0.25, 0.3) is 22.2 Å². The SMILES string of the molecule is CCOc1ccc(-c2cc(C(=O)NC3CCC(NCc4ccccc4)C3)c3ccccc3n2)cc1. The fourth-order valence-corrected chi connectivity index (χ4v) is 4.82. The molecule has 1 saturated carbocycles. The van der Waals surface area contributed by atoms with E-state index in [0.717, 1.165) is 53.7 Å². The molecule has 0 aliphatic heterocycles. The lowest BCUT2D eigenvalue weighted by Crippen LogP contribution is -2.35. The fourth-order valence-electron chi connectivity index (χ4n) is 4.82. The van der Waals surface area contributed by atoms with Crippen molar-refractivity contribution in [1.82, 2.24) is 15.6 Å². The first kappa shape index (κ1) is 23.1. The molecule has 0 bridgehead atoms. The zero-order chi connectivity index (χ0) is 24.0. The van der Waals surface area contributed by atoms with Crippen LogP contribution in [0.1, 0.15) is 42.1 Å². The Bertz CT molecular complexity index is 1290. The minimum Gasteiger partial charge on any atom is -0.494 e. The van der Waals surface area contributed by atoms with E-state index in [1.54, 1.807) is 0 Å². The van der Waals surface area contributed by atoms with E-state index in [4.69, 9.17) is 9.72 Å². The van der Waals surface area contributed by atoms with E-state index < -0.39 is 0 Å². The summed E-state index contributed by atoms with van der Waals surface area (Å²) in [4.78, 5) is 18.3. The highest BCUT2D eigenvalue weighted by atomic mass is 16.5. The van der Waals surface area contributed by atoms with Gasteiger partial charge in [0.15, 0.2) is 0 Å². The van der Waals surface area contributed by atoms with Crippen LogP contribution in [0.2, 0.25) is 0 Å². The number of aromatic nitrogens is 1. The quantitative estimate of drug-likeness (QED) is 0.348. The van der Waals surface area contributed by atoms with Gasteiger partial charge in [-0.15, -0.1) is 0 Å². The first-order valence-electron chi connectivity index (χ1n) is 12.4. The van der Waals surface area contributed by atoms with E-state index in [1.807, 2.05) is 67.6 Å². The van der Waals surface area contributed by atoms with Crippen LogP contribution >= 0.6 is 0 Å². The summed E-state index contributed by atoms with van der Waals surface area (Å²) in [6, 6.07) is 28.6. The number of amides is 1. The highest BCUT2D eigenvalue weighted by Gasteiger charge is 2.26. The van der Waals surface area contributed by atoms with E-state index in [1.165, 1.54) is 5.56 Å². The Labute approximate surface area is 206 Å². The highest BCUT2D eigenvalue weighted by Crippen LogP contribution is 2.27. The van der Waals surface area contributed by atoms with E-state index in [0.29, 0.717) is 18.2 Å². The molecule has 1 aromatic heterocycles. The first-order valence-corrected chi connectivity index (χ1v) is 12.4. The first-order chi connectivity index (χ1) is 17.2. The lowest BCUT2D eigenvalue weighted by Gasteiger charge is -2.16. The molecule has 1 aliphatic rings. The molecule has 3 aromatic carbocycles. The Balaban J connectivity index is 1.31. The van der Waals surface area contributed by atoms with Gasteiger partial charge in [0, 0.05) is 29.6 Å². The number of ether oxygens (including phenoxy) is 1. The Kier molecular flexibility index (Phi) is 7.05. The van der Waals surface area contributed by atoms with E-state index in [2.05, 4.69) is 34.9 Å². The summed E-state index contributed by atoms with van der Waals surface area (Å²) in [6.45, 7) is 3.45. The number of hydrogen-bond donors (Lipinski definition) is 2. The van der Waals surface area contributed by atoms with Crippen molar-refractivity contribution >= 4 is 16.8 Å². The van der Waals surface area contributed by atoms with Gasteiger partial charge in [-0.05, 0) is 68.1 Å². The van der Waals surface area contributed by atoms with Gasteiger partial charge >= 0.3 is 0 Å². The second kappa shape index (κ2) is 10.7. The minimum absolute atomic E-state index is 0.0375. The van der Waals surface area contributed by atoms with Crippen LogP contribution in [0.4, 0.5) is 0 Å². The number of fused-ring (bicyclic) bond motifs is 1. The van der Waals surface area contributed by atoms with Crippen molar-refractivity contribution < 1.29 is 9.53 Å². The smallest absolute Gasteiger partial charge is 0.252 e. The molecule has 35 heavy (non-hydrogen) atoms. The van der Waals surface area contributed by atoms with Crippen molar-refractivity contribution in [2.24, 2.45) is 0 Å². The van der Waals surface area contributed by atoms with Crippen LogP contribution in [0.3, 0.4) is 0 Å². The summed E-state index contributed by atoms with van der Waals surface area (Å²) in [6.07, 6.45) is 2.98. The molecule has 1 heterocycles. The molecule has 178 valence electrons. The number of nitrogens with one attached hydrogen (secondary N) is 2. The molecule has 1 aliphatic carbocycles. The van der Waals surface area contributed by atoms with Gasteiger partial charge in [-0.1, -0.05) is 48.5 Å². The normalized spacial score (nSPS) is 17.4. The molecular weight excluding hydrogens is 434 g/mol. The van der Waals surface area contributed by atoms with Crippen molar-refractivity contribution in [3.8, 4) is 17.0 Å². The Hall–Kier alpha value is -3.70. The molecule has 5 nitrogen and oxygen atoms in total. The maximum Gasteiger partial charge on any atom is 0.252 e. The largest absolute Gasteiger partial charge is 0.494 e. The molecule has 5 heteroatoms. The van der Waals surface area contributed by atoms with Gasteiger partial charge in [0.1, 0.15) is 5.75 Å². The van der Waals surface area contributed by atoms with Crippen molar-refractivity contribution in [2.45, 2.75) is 44.8 Å². The molecule has 0 saturated heterocycles. The predicted octanol–water partition coefficient (Wildman–Crippen LogP) is 5.74. The van der Waals surface area contributed by atoms with Crippen molar-refractivity contribution in [3.05, 3.63) is 96.1 Å². The summed E-state index contributed by atoms with van der Waals surface area (Å²) in [5.41, 5.74) is 4.51. The number of hydrogen-bond acceptors (Lipinski definition) is 4. The second-order valence-electron chi connectivity index (χ2n) is 9.08. The van der Waals surface area contributed by atoms with E-state index >= 15 is 0 Å². The highest BCUT2D eigenvalue weighted by molar-refractivity contribution is 6.07. The number of benzene rings is 3. The number of nitrogens with zero attached hydrogens (tertiary/aromatic N) is 1. The van der Waals surface area contributed by atoms with Gasteiger partial charge in [-0.25, -0.2) is 4.98 Å². The van der Waals surface area contributed by atoms with Gasteiger partial charge in [0.05, 0.1) is 23.4 Å². The number of carbonyl (C=O) groups excluding carboxylic acids is 1. The minimum atomic E-state index is -0.0375. The molecular formula is C30H31N3O2. The monoisotopic (exact) mass is 465 g/mol. The third-order valence-electron chi connectivity index (χ3n) is 6.63. The van der Waals surface area contributed by atoms with Crippen molar-refractivity contribution in [2.75, 3.05) is 6.61 Å².